The van der Waals surface area contributed by atoms with Crippen LogP contribution in [0.25, 0.3) is 0 Å². The number of nitrogens with zero attached hydrogens (tertiary/aromatic N) is 1. The van der Waals surface area contributed by atoms with E-state index in [1.807, 2.05) is 0 Å². The normalized spacial score (nSPS) is 11.6. The highest BCUT2D eigenvalue weighted by atomic mass is 79.9. The highest BCUT2D eigenvalue weighted by molar-refractivity contribution is 9.10. The molecule has 1 heterocycles. The number of benzene rings is 1. The SMILES string of the molecule is COc1ccc(C(=O)N[C@@H](CC(=O)O)c2ccccc2Cl)nc1Br. The number of nitrogens with one attached hydrogen (secondary N) is 1. The van der Waals surface area contributed by atoms with Crippen molar-refractivity contribution in [2.24, 2.45) is 0 Å². The first kappa shape index (κ1) is 18.2. The van der Waals surface area contributed by atoms with E-state index in [1.165, 1.54) is 13.2 Å². The van der Waals surface area contributed by atoms with Gasteiger partial charge in [0.25, 0.3) is 5.91 Å². The number of hydrogen-bond donors (Lipinski definition) is 2. The maximum Gasteiger partial charge on any atom is 0.305 e. The monoisotopic (exact) mass is 412 g/mol. The zero-order valence-corrected chi connectivity index (χ0v) is 15.0. The lowest BCUT2D eigenvalue weighted by molar-refractivity contribution is -0.137. The van der Waals surface area contributed by atoms with Gasteiger partial charge in [0.15, 0.2) is 5.75 Å². The molecule has 0 bridgehead atoms. The Morgan fingerprint density at radius 2 is 2.04 bits per heavy atom. The first-order valence-electron chi connectivity index (χ1n) is 6.90. The second-order valence-electron chi connectivity index (χ2n) is 4.83. The molecule has 126 valence electrons. The Labute approximate surface area is 151 Å². The molecule has 0 spiro atoms. The minimum atomic E-state index is -1.05. The second kappa shape index (κ2) is 8.12. The molecule has 1 atom stereocenters. The number of ether oxygens (including phenoxy) is 1. The van der Waals surface area contributed by atoms with Crippen LogP contribution < -0.4 is 10.1 Å². The fourth-order valence-corrected chi connectivity index (χ4v) is 2.86. The molecular weight excluding hydrogens is 400 g/mol. The number of aromatic nitrogens is 1. The van der Waals surface area contributed by atoms with Crippen molar-refractivity contribution in [2.45, 2.75) is 12.5 Å². The molecule has 0 fully saturated rings. The lowest BCUT2D eigenvalue weighted by Crippen LogP contribution is -2.31. The van der Waals surface area contributed by atoms with E-state index in [2.05, 4.69) is 26.2 Å². The maximum atomic E-state index is 12.4. The van der Waals surface area contributed by atoms with Crippen molar-refractivity contribution in [1.82, 2.24) is 10.3 Å². The minimum Gasteiger partial charge on any atom is -0.494 e. The van der Waals surface area contributed by atoms with Crippen LogP contribution in [-0.4, -0.2) is 29.1 Å². The van der Waals surface area contributed by atoms with Gasteiger partial charge in [0.2, 0.25) is 0 Å². The van der Waals surface area contributed by atoms with Gasteiger partial charge in [-0.2, -0.15) is 0 Å². The average Bonchev–Trinajstić information content (AvgIpc) is 2.54. The molecule has 2 rings (SSSR count). The van der Waals surface area contributed by atoms with Gasteiger partial charge in [-0.25, -0.2) is 4.98 Å². The van der Waals surface area contributed by atoms with Crippen molar-refractivity contribution in [1.29, 1.82) is 0 Å². The van der Waals surface area contributed by atoms with Crippen molar-refractivity contribution < 1.29 is 19.4 Å². The summed E-state index contributed by atoms with van der Waals surface area (Å²) in [6, 6.07) is 9.08. The summed E-state index contributed by atoms with van der Waals surface area (Å²) in [5.74, 6) is -1.08. The lowest BCUT2D eigenvalue weighted by Gasteiger charge is -2.18. The summed E-state index contributed by atoms with van der Waals surface area (Å²) in [7, 11) is 1.49. The number of halogens is 2. The number of rotatable bonds is 6. The van der Waals surface area contributed by atoms with Crippen molar-refractivity contribution >= 4 is 39.4 Å². The average molecular weight is 414 g/mol. The van der Waals surface area contributed by atoms with Crippen LogP contribution in [0.2, 0.25) is 5.02 Å². The molecule has 6 nitrogen and oxygen atoms in total. The number of carboxylic acids is 1. The van der Waals surface area contributed by atoms with Crippen molar-refractivity contribution in [3.05, 3.63) is 57.3 Å². The molecular formula is C16H14BrClN2O4. The number of carbonyl (C=O) groups is 2. The topological polar surface area (TPSA) is 88.5 Å². The minimum absolute atomic E-state index is 0.130. The predicted octanol–water partition coefficient (Wildman–Crippen LogP) is 3.45. The summed E-state index contributed by atoms with van der Waals surface area (Å²) in [6.07, 6.45) is -0.299. The molecule has 1 amide bonds. The Hall–Kier alpha value is -2.12. The van der Waals surface area contributed by atoms with E-state index in [4.69, 9.17) is 21.4 Å². The first-order valence-corrected chi connectivity index (χ1v) is 8.07. The van der Waals surface area contributed by atoms with Crippen molar-refractivity contribution in [3.8, 4) is 5.75 Å². The molecule has 1 aromatic carbocycles. The van der Waals surface area contributed by atoms with Crippen LogP contribution in [0.5, 0.6) is 5.75 Å². The van der Waals surface area contributed by atoms with E-state index in [-0.39, 0.29) is 12.1 Å². The number of hydrogen-bond acceptors (Lipinski definition) is 4. The van der Waals surface area contributed by atoms with Gasteiger partial charge in [-0.1, -0.05) is 29.8 Å². The van der Waals surface area contributed by atoms with Crippen LogP contribution in [0.1, 0.15) is 28.5 Å². The van der Waals surface area contributed by atoms with E-state index in [0.29, 0.717) is 20.9 Å². The summed E-state index contributed by atoms with van der Waals surface area (Å²) in [5, 5.41) is 12.1. The number of pyridine rings is 1. The van der Waals surface area contributed by atoms with Crippen LogP contribution in [0, 0.1) is 0 Å². The third-order valence-corrected chi connectivity index (χ3v) is 4.14. The van der Waals surface area contributed by atoms with Crippen LogP contribution in [0.4, 0.5) is 0 Å². The third kappa shape index (κ3) is 4.46. The number of methoxy groups -OCH3 is 1. The molecule has 0 aliphatic heterocycles. The molecule has 0 aliphatic rings. The Morgan fingerprint density at radius 1 is 1.33 bits per heavy atom. The summed E-state index contributed by atoms with van der Waals surface area (Å²) in [4.78, 5) is 27.6. The lowest BCUT2D eigenvalue weighted by atomic mass is 10.0. The Morgan fingerprint density at radius 3 is 2.62 bits per heavy atom. The zero-order chi connectivity index (χ0) is 17.7. The summed E-state index contributed by atoms with van der Waals surface area (Å²) < 4.78 is 5.44. The summed E-state index contributed by atoms with van der Waals surface area (Å²) in [6.45, 7) is 0. The van der Waals surface area contributed by atoms with E-state index in [9.17, 15) is 9.59 Å². The zero-order valence-electron chi connectivity index (χ0n) is 12.6. The summed E-state index contributed by atoms with van der Waals surface area (Å²) >= 11 is 9.32. The second-order valence-corrected chi connectivity index (χ2v) is 5.99. The molecule has 8 heteroatoms. The molecule has 0 aliphatic carbocycles. The van der Waals surface area contributed by atoms with Crippen LogP contribution in [0.15, 0.2) is 41.0 Å². The molecule has 24 heavy (non-hydrogen) atoms. The molecule has 0 unspecified atom stereocenters. The van der Waals surface area contributed by atoms with E-state index in [1.54, 1.807) is 30.3 Å². The number of aliphatic carboxylic acids is 1. The Bertz CT molecular complexity index is 769. The van der Waals surface area contributed by atoms with E-state index < -0.39 is 17.9 Å². The number of amides is 1. The van der Waals surface area contributed by atoms with E-state index >= 15 is 0 Å². The van der Waals surface area contributed by atoms with E-state index in [0.717, 1.165) is 0 Å². The van der Waals surface area contributed by atoms with Crippen LogP contribution in [-0.2, 0) is 4.79 Å². The third-order valence-electron chi connectivity index (χ3n) is 3.23. The largest absolute Gasteiger partial charge is 0.494 e. The van der Waals surface area contributed by atoms with Gasteiger partial charge in [0.1, 0.15) is 10.3 Å². The van der Waals surface area contributed by atoms with Gasteiger partial charge in [0.05, 0.1) is 19.6 Å². The molecule has 0 radical (unpaired) electrons. The smallest absolute Gasteiger partial charge is 0.305 e. The van der Waals surface area contributed by atoms with Crippen molar-refractivity contribution in [2.75, 3.05) is 7.11 Å². The first-order chi connectivity index (χ1) is 11.4. The number of carbonyl (C=O) groups excluding carboxylic acids is 1. The molecule has 1 aromatic heterocycles. The maximum absolute atomic E-state index is 12.4. The van der Waals surface area contributed by atoms with Crippen LogP contribution in [0.3, 0.4) is 0 Å². The van der Waals surface area contributed by atoms with Gasteiger partial charge in [-0.05, 0) is 39.7 Å². The standard InChI is InChI=1S/C16H14BrClN2O4/c1-24-13-7-6-11(19-15(13)17)16(23)20-12(8-14(21)22)9-4-2-3-5-10(9)18/h2-7,12H,8H2,1H3,(H,20,23)(H,21,22)/t12-/m0/s1. The van der Waals surface area contributed by atoms with Gasteiger partial charge in [-0.15, -0.1) is 0 Å². The van der Waals surface area contributed by atoms with Gasteiger partial charge in [-0.3, -0.25) is 9.59 Å². The summed E-state index contributed by atoms with van der Waals surface area (Å²) in [5.41, 5.74) is 0.660. The molecule has 0 saturated carbocycles. The fraction of sp³-hybridized carbons (Fsp3) is 0.188. The van der Waals surface area contributed by atoms with Crippen molar-refractivity contribution in [3.63, 3.8) is 0 Å². The number of carboxylic acid groups (broad SMARTS) is 1. The van der Waals surface area contributed by atoms with Gasteiger partial charge in [0, 0.05) is 5.02 Å². The Kier molecular flexibility index (Phi) is 6.16. The predicted molar refractivity (Wildman–Crippen MR) is 92.4 cm³/mol. The van der Waals surface area contributed by atoms with Crippen LogP contribution >= 0.6 is 27.5 Å². The Balaban J connectivity index is 2.26. The molecule has 2 aromatic rings. The van der Waals surface area contributed by atoms with Gasteiger partial charge >= 0.3 is 5.97 Å². The highest BCUT2D eigenvalue weighted by Gasteiger charge is 2.22. The highest BCUT2D eigenvalue weighted by Crippen LogP contribution is 2.26. The van der Waals surface area contributed by atoms with Gasteiger partial charge < -0.3 is 15.2 Å². The fourth-order valence-electron chi connectivity index (χ4n) is 2.10. The molecule has 2 N–H and O–H groups in total. The molecule has 0 saturated heterocycles. The quantitative estimate of drug-likeness (QED) is 0.708.